The molecule has 4 nitrogen and oxygen atoms in total. The third-order valence-corrected chi connectivity index (χ3v) is 2.87. The lowest BCUT2D eigenvalue weighted by atomic mass is 10.1. The fourth-order valence-electron chi connectivity index (χ4n) is 1.76. The predicted octanol–water partition coefficient (Wildman–Crippen LogP) is 2.92. The lowest BCUT2D eigenvalue weighted by molar-refractivity contribution is 0.471. The number of anilines is 1. The number of aryl methyl sites for hydroxylation is 2. The van der Waals surface area contributed by atoms with Crippen LogP contribution in [0.25, 0.3) is 6.20 Å². The van der Waals surface area contributed by atoms with Crippen molar-refractivity contribution in [1.29, 1.82) is 0 Å². The summed E-state index contributed by atoms with van der Waals surface area (Å²) in [6, 6.07) is 3.72. The number of aromatic hydroxyl groups is 1. The van der Waals surface area contributed by atoms with Gasteiger partial charge in [0.2, 0.25) is 0 Å². The first-order valence-electron chi connectivity index (χ1n) is 5.80. The first-order valence-corrected chi connectivity index (χ1v) is 5.80. The largest absolute Gasteiger partial charge is 0.508 e. The zero-order valence-corrected chi connectivity index (χ0v) is 10.6. The molecule has 0 atom stereocenters. The quantitative estimate of drug-likeness (QED) is 0.812. The lowest BCUT2D eigenvalue weighted by Crippen LogP contribution is -2.00. The van der Waals surface area contributed by atoms with Gasteiger partial charge in [-0.05, 0) is 37.1 Å². The monoisotopic (exact) mass is 243 g/mol. The molecule has 18 heavy (non-hydrogen) atoms. The summed E-state index contributed by atoms with van der Waals surface area (Å²) < 4.78 is 1.67. The molecule has 2 N–H and O–H groups in total. The third-order valence-electron chi connectivity index (χ3n) is 2.87. The van der Waals surface area contributed by atoms with Gasteiger partial charge >= 0.3 is 0 Å². The topological polar surface area (TPSA) is 50.1 Å². The molecule has 1 aromatic heterocycles. The van der Waals surface area contributed by atoms with Gasteiger partial charge in [0, 0.05) is 30.2 Å². The number of aromatic nitrogens is 2. The molecule has 0 amide bonds. The van der Waals surface area contributed by atoms with Crippen molar-refractivity contribution >= 4 is 11.9 Å². The van der Waals surface area contributed by atoms with Gasteiger partial charge in [0.15, 0.2) is 0 Å². The van der Waals surface area contributed by atoms with Crippen LogP contribution in [0.3, 0.4) is 0 Å². The van der Waals surface area contributed by atoms with E-state index in [1.807, 2.05) is 26.1 Å². The van der Waals surface area contributed by atoms with E-state index in [-0.39, 0.29) is 0 Å². The SMILES string of the molecule is C=Cn1cc(CNc2cc(C)c(O)cc2C)cn1. The smallest absolute Gasteiger partial charge is 0.118 e. The number of hydrogen-bond acceptors (Lipinski definition) is 3. The summed E-state index contributed by atoms with van der Waals surface area (Å²) in [4.78, 5) is 0. The molecule has 0 aliphatic heterocycles. The van der Waals surface area contributed by atoms with E-state index in [1.165, 1.54) is 0 Å². The van der Waals surface area contributed by atoms with E-state index in [9.17, 15) is 5.11 Å². The highest BCUT2D eigenvalue weighted by molar-refractivity contribution is 5.56. The second-order valence-electron chi connectivity index (χ2n) is 4.32. The average Bonchev–Trinajstić information content (AvgIpc) is 2.80. The Kier molecular flexibility index (Phi) is 3.37. The predicted molar refractivity (Wildman–Crippen MR) is 73.5 cm³/mol. The Balaban J connectivity index is 2.10. The van der Waals surface area contributed by atoms with Gasteiger partial charge in [0.1, 0.15) is 5.75 Å². The Bertz CT molecular complexity index is 572. The van der Waals surface area contributed by atoms with Crippen molar-refractivity contribution in [2.75, 3.05) is 5.32 Å². The molecule has 0 aliphatic rings. The van der Waals surface area contributed by atoms with E-state index in [0.717, 1.165) is 22.4 Å². The van der Waals surface area contributed by atoms with E-state index in [4.69, 9.17) is 0 Å². The Morgan fingerprint density at radius 1 is 1.39 bits per heavy atom. The zero-order chi connectivity index (χ0) is 13.1. The molecule has 0 spiro atoms. The molecule has 1 aromatic carbocycles. The fraction of sp³-hybridized carbons (Fsp3) is 0.214. The Morgan fingerprint density at radius 2 is 2.17 bits per heavy atom. The van der Waals surface area contributed by atoms with E-state index < -0.39 is 0 Å². The first-order chi connectivity index (χ1) is 8.60. The van der Waals surface area contributed by atoms with Crippen LogP contribution >= 0.6 is 0 Å². The first kappa shape index (κ1) is 12.2. The summed E-state index contributed by atoms with van der Waals surface area (Å²) in [5.74, 6) is 0.331. The average molecular weight is 243 g/mol. The molecule has 2 aromatic rings. The van der Waals surface area contributed by atoms with E-state index in [0.29, 0.717) is 12.3 Å². The summed E-state index contributed by atoms with van der Waals surface area (Å²) >= 11 is 0. The Labute approximate surface area is 107 Å². The van der Waals surface area contributed by atoms with Crippen LogP contribution in [0.2, 0.25) is 0 Å². The molecule has 0 bridgehead atoms. The van der Waals surface area contributed by atoms with Crippen molar-refractivity contribution in [3.05, 3.63) is 47.8 Å². The molecule has 94 valence electrons. The number of benzene rings is 1. The highest BCUT2D eigenvalue weighted by atomic mass is 16.3. The van der Waals surface area contributed by atoms with E-state index in [1.54, 1.807) is 23.1 Å². The normalized spacial score (nSPS) is 10.3. The minimum atomic E-state index is 0.331. The van der Waals surface area contributed by atoms with Gasteiger partial charge in [-0.2, -0.15) is 5.10 Å². The molecule has 0 radical (unpaired) electrons. The van der Waals surface area contributed by atoms with Crippen molar-refractivity contribution in [3.8, 4) is 5.75 Å². The minimum absolute atomic E-state index is 0.331. The summed E-state index contributed by atoms with van der Waals surface area (Å²) in [5.41, 5.74) is 4.00. The summed E-state index contributed by atoms with van der Waals surface area (Å²) in [6.45, 7) is 8.20. The van der Waals surface area contributed by atoms with Crippen molar-refractivity contribution in [2.45, 2.75) is 20.4 Å². The van der Waals surface area contributed by atoms with Crippen molar-refractivity contribution < 1.29 is 5.11 Å². The number of hydrogen-bond donors (Lipinski definition) is 2. The molecule has 4 heteroatoms. The number of phenolic OH excluding ortho intramolecular Hbond substituents is 1. The molecular formula is C14H17N3O. The van der Waals surface area contributed by atoms with Crippen LogP contribution in [-0.4, -0.2) is 14.9 Å². The maximum absolute atomic E-state index is 9.59. The standard InChI is InChI=1S/C14H17N3O/c1-4-17-9-12(8-16-17)7-15-13-5-11(3)14(18)6-10(13)2/h4-6,8-9,15,18H,1,7H2,2-3H3. The van der Waals surface area contributed by atoms with Crippen LogP contribution in [0, 0.1) is 13.8 Å². The zero-order valence-electron chi connectivity index (χ0n) is 10.6. The van der Waals surface area contributed by atoms with Crippen LogP contribution in [0.1, 0.15) is 16.7 Å². The number of phenols is 1. The van der Waals surface area contributed by atoms with Crippen LogP contribution < -0.4 is 5.32 Å². The van der Waals surface area contributed by atoms with Gasteiger partial charge in [-0.3, -0.25) is 0 Å². The van der Waals surface area contributed by atoms with Crippen LogP contribution in [-0.2, 0) is 6.54 Å². The molecular weight excluding hydrogens is 226 g/mol. The molecule has 0 unspecified atom stereocenters. The second kappa shape index (κ2) is 4.96. The van der Waals surface area contributed by atoms with Gasteiger partial charge in [0.05, 0.1) is 6.20 Å². The summed E-state index contributed by atoms with van der Waals surface area (Å²) in [7, 11) is 0. The molecule has 1 heterocycles. The molecule has 2 rings (SSSR count). The second-order valence-corrected chi connectivity index (χ2v) is 4.32. The van der Waals surface area contributed by atoms with Crippen molar-refractivity contribution in [2.24, 2.45) is 0 Å². The van der Waals surface area contributed by atoms with Crippen LogP contribution in [0.15, 0.2) is 31.1 Å². The maximum atomic E-state index is 9.59. The highest BCUT2D eigenvalue weighted by Crippen LogP contribution is 2.25. The highest BCUT2D eigenvalue weighted by Gasteiger charge is 2.04. The molecule has 0 aliphatic carbocycles. The van der Waals surface area contributed by atoms with Gasteiger partial charge in [0.25, 0.3) is 0 Å². The minimum Gasteiger partial charge on any atom is -0.508 e. The van der Waals surface area contributed by atoms with Gasteiger partial charge in [-0.25, -0.2) is 4.68 Å². The van der Waals surface area contributed by atoms with E-state index in [2.05, 4.69) is 17.0 Å². The number of nitrogens with zero attached hydrogens (tertiary/aromatic N) is 2. The van der Waals surface area contributed by atoms with Crippen molar-refractivity contribution in [3.63, 3.8) is 0 Å². The van der Waals surface area contributed by atoms with E-state index >= 15 is 0 Å². The van der Waals surface area contributed by atoms with Gasteiger partial charge in [-0.15, -0.1) is 0 Å². The van der Waals surface area contributed by atoms with Gasteiger partial charge < -0.3 is 10.4 Å². The fourth-order valence-corrected chi connectivity index (χ4v) is 1.76. The molecule has 0 fully saturated rings. The number of rotatable bonds is 4. The Hall–Kier alpha value is -2.23. The third kappa shape index (κ3) is 2.53. The van der Waals surface area contributed by atoms with Gasteiger partial charge in [-0.1, -0.05) is 6.58 Å². The summed E-state index contributed by atoms with van der Waals surface area (Å²) in [5, 5.41) is 17.0. The van der Waals surface area contributed by atoms with Crippen LogP contribution in [0.5, 0.6) is 5.75 Å². The molecule has 0 saturated carbocycles. The maximum Gasteiger partial charge on any atom is 0.118 e. The summed E-state index contributed by atoms with van der Waals surface area (Å²) in [6.07, 6.45) is 5.37. The lowest BCUT2D eigenvalue weighted by Gasteiger charge is -2.10. The Morgan fingerprint density at radius 3 is 2.83 bits per heavy atom. The van der Waals surface area contributed by atoms with Crippen molar-refractivity contribution in [1.82, 2.24) is 9.78 Å². The van der Waals surface area contributed by atoms with Crippen LogP contribution in [0.4, 0.5) is 5.69 Å². The molecule has 0 saturated heterocycles. The number of nitrogens with one attached hydrogen (secondary N) is 1.